The van der Waals surface area contributed by atoms with Crippen molar-refractivity contribution in [1.29, 1.82) is 0 Å². The largest absolute Gasteiger partial charge is 0.301 e. The van der Waals surface area contributed by atoms with E-state index in [1.165, 1.54) is 38.3 Å². The number of pyridine rings is 1. The smallest absolute Gasteiger partial charge is 0.0312 e. The van der Waals surface area contributed by atoms with E-state index in [2.05, 4.69) is 27.8 Å². The summed E-state index contributed by atoms with van der Waals surface area (Å²) in [5, 5.41) is 0. The maximum Gasteiger partial charge on any atom is 0.0312 e. The quantitative estimate of drug-likeness (QED) is 0.802. The Balaban J connectivity index is 0.00000128. The Hall–Kier alpha value is -0.640. The fourth-order valence-corrected chi connectivity index (χ4v) is 2.01. The Labute approximate surface area is 104 Å². The van der Waals surface area contributed by atoms with Crippen molar-refractivity contribution < 1.29 is 0 Å². The van der Waals surface area contributed by atoms with Crippen LogP contribution in [0.15, 0.2) is 24.5 Å². The van der Waals surface area contributed by atoms with Gasteiger partial charge in [0.05, 0.1) is 0 Å². The fourth-order valence-electron chi connectivity index (χ4n) is 2.01. The van der Waals surface area contributed by atoms with Crippen molar-refractivity contribution in [3.63, 3.8) is 0 Å². The van der Waals surface area contributed by atoms with Crippen molar-refractivity contribution in [3.8, 4) is 0 Å². The lowest BCUT2D eigenvalue weighted by atomic mass is 10.2. The summed E-state index contributed by atoms with van der Waals surface area (Å²) in [4.78, 5) is 9.15. The third-order valence-electron chi connectivity index (χ3n) is 3.04. The Morgan fingerprint density at radius 3 is 2.44 bits per heavy atom. The van der Waals surface area contributed by atoms with Gasteiger partial charge in [-0.15, -0.1) is 12.4 Å². The molecule has 1 saturated heterocycles. The molecule has 0 saturated carbocycles. The molecule has 90 valence electrons. The molecule has 0 aromatic carbocycles. The van der Waals surface area contributed by atoms with E-state index in [0.717, 1.165) is 6.54 Å². The van der Waals surface area contributed by atoms with Crippen LogP contribution in [0.2, 0.25) is 0 Å². The lowest BCUT2D eigenvalue weighted by molar-refractivity contribution is 0.132. The van der Waals surface area contributed by atoms with Gasteiger partial charge in [0.15, 0.2) is 0 Å². The van der Waals surface area contributed by atoms with Gasteiger partial charge in [0.2, 0.25) is 0 Å². The summed E-state index contributed by atoms with van der Waals surface area (Å²) in [5.74, 6) is 0. The fraction of sp³-hybridized carbons (Fsp3) is 0.583. The van der Waals surface area contributed by atoms with Crippen molar-refractivity contribution in [1.82, 2.24) is 14.8 Å². The van der Waals surface area contributed by atoms with E-state index < -0.39 is 0 Å². The number of rotatable bonds is 3. The highest BCUT2D eigenvalue weighted by Crippen LogP contribution is 2.06. The van der Waals surface area contributed by atoms with Crippen molar-refractivity contribution in [2.75, 3.05) is 32.7 Å². The second kappa shape index (κ2) is 6.84. The van der Waals surface area contributed by atoms with Gasteiger partial charge in [0.25, 0.3) is 0 Å². The number of aromatic nitrogens is 1. The van der Waals surface area contributed by atoms with Crippen molar-refractivity contribution in [2.45, 2.75) is 13.5 Å². The van der Waals surface area contributed by atoms with E-state index in [1.54, 1.807) is 0 Å². The summed E-state index contributed by atoms with van der Waals surface area (Å²) in [6.45, 7) is 9.24. The maximum atomic E-state index is 4.14. The topological polar surface area (TPSA) is 19.4 Å². The molecule has 1 aliphatic heterocycles. The van der Waals surface area contributed by atoms with Crippen molar-refractivity contribution in [3.05, 3.63) is 30.1 Å². The van der Waals surface area contributed by atoms with Gasteiger partial charge in [-0.05, 0) is 18.2 Å². The molecular formula is C12H20ClN3. The molecule has 3 nitrogen and oxygen atoms in total. The Bertz CT molecular complexity index is 284. The zero-order chi connectivity index (χ0) is 10.5. The van der Waals surface area contributed by atoms with E-state index >= 15 is 0 Å². The highest BCUT2D eigenvalue weighted by molar-refractivity contribution is 5.85. The van der Waals surface area contributed by atoms with Gasteiger partial charge >= 0.3 is 0 Å². The standard InChI is InChI=1S/C12H19N3.ClH/c1-2-14-6-8-15(9-7-14)11-12-4-3-5-13-10-12;/h3-5,10H,2,6-9,11H2,1H3;1H. The van der Waals surface area contributed by atoms with Gasteiger partial charge in [-0.2, -0.15) is 0 Å². The zero-order valence-corrected chi connectivity index (χ0v) is 10.6. The molecule has 0 atom stereocenters. The van der Waals surface area contributed by atoms with Gasteiger partial charge in [-0.3, -0.25) is 9.88 Å². The predicted octanol–water partition coefficient (Wildman–Crippen LogP) is 1.64. The monoisotopic (exact) mass is 241 g/mol. The van der Waals surface area contributed by atoms with Crippen LogP contribution in [0.1, 0.15) is 12.5 Å². The van der Waals surface area contributed by atoms with Gasteiger partial charge in [0, 0.05) is 45.1 Å². The first kappa shape index (κ1) is 13.4. The van der Waals surface area contributed by atoms with Gasteiger partial charge < -0.3 is 4.90 Å². The van der Waals surface area contributed by atoms with E-state index in [1.807, 2.05) is 18.5 Å². The molecule has 1 fully saturated rings. The summed E-state index contributed by atoms with van der Waals surface area (Å²) in [6.07, 6.45) is 3.80. The molecular weight excluding hydrogens is 222 g/mol. The second-order valence-electron chi connectivity index (χ2n) is 4.07. The van der Waals surface area contributed by atoms with Gasteiger partial charge in [0.1, 0.15) is 0 Å². The van der Waals surface area contributed by atoms with Crippen LogP contribution in [0.4, 0.5) is 0 Å². The van der Waals surface area contributed by atoms with Crippen LogP contribution < -0.4 is 0 Å². The Kier molecular flexibility index (Phi) is 5.74. The maximum absolute atomic E-state index is 4.14. The lowest BCUT2D eigenvalue weighted by Gasteiger charge is -2.33. The Morgan fingerprint density at radius 1 is 1.19 bits per heavy atom. The molecule has 4 heteroatoms. The molecule has 0 spiro atoms. The summed E-state index contributed by atoms with van der Waals surface area (Å²) in [6, 6.07) is 4.16. The third kappa shape index (κ3) is 3.74. The van der Waals surface area contributed by atoms with E-state index in [4.69, 9.17) is 0 Å². The number of hydrogen-bond acceptors (Lipinski definition) is 3. The summed E-state index contributed by atoms with van der Waals surface area (Å²) < 4.78 is 0. The highest BCUT2D eigenvalue weighted by Gasteiger charge is 2.14. The van der Waals surface area contributed by atoms with E-state index in [-0.39, 0.29) is 12.4 Å². The predicted molar refractivity (Wildman–Crippen MR) is 68.9 cm³/mol. The van der Waals surface area contributed by atoms with Crippen LogP contribution in [0.25, 0.3) is 0 Å². The molecule has 0 amide bonds. The molecule has 0 bridgehead atoms. The van der Waals surface area contributed by atoms with Gasteiger partial charge in [-0.1, -0.05) is 13.0 Å². The highest BCUT2D eigenvalue weighted by atomic mass is 35.5. The molecule has 1 aromatic rings. The van der Waals surface area contributed by atoms with Crippen LogP contribution in [0, 0.1) is 0 Å². The number of halogens is 1. The molecule has 1 aliphatic rings. The van der Waals surface area contributed by atoms with Crippen LogP contribution in [-0.4, -0.2) is 47.5 Å². The number of hydrogen-bond donors (Lipinski definition) is 0. The van der Waals surface area contributed by atoms with Crippen LogP contribution >= 0.6 is 12.4 Å². The summed E-state index contributed by atoms with van der Waals surface area (Å²) in [7, 11) is 0. The molecule has 0 unspecified atom stereocenters. The third-order valence-corrected chi connectivity index (χ3v) is 3.04. The van der Waals surface area contributed by atoms with Crippen LogP contribution in [0.5, 0.6) is 0 Å². The average molecular weight is 242 g/mol. The van der Waals surface area contributed by atoms with Gasteiger partial charge in [-0.25, -0.2) is 0 Å². The second-order valence-corrected chi connectivity index (χ2v) is 4.07. The average Bonchev–Trinajstić information content (AvgIpc) is 2.31. The Morgan fingerprint density at radius 2 is 1.88 bits per heavy atom. The lowest BCUT2D eigenvalue weighted by Crippen LogP contribution is -2.45. The van der Waals surface area contributed by atoms with Crippen LogP contribution in [-0.2, 0) is 6.54 Å². The minimum Gasteiger partial charge on any atom is -0.301 e. The zero-order valence-electron chi connectivity index (χ0n) is 9.80. The summed E-state index contributed by atoms with van der Waals surface area (Å²) >= 11 is 0. The molecule has 0 aliphatic carbocycles. The first-order valence-electron chi connectivity index (χ1n) is 5.72. The molecule has 2 rings (SSSR count). The minimum atomic E-state index is 0. The SMILES string of the molecule is CCN1CCN(Cc2cccnc2)CC1.Cl. The first-order valence-corrected chi connectivity index (χ1v) is 5.72. The van der Waals surface area contributed by atoms with Crippen molar-refractivity contribution >= 4 is 12.4 Å². The molecule has 1 aromatic heterocycles. The molecule has 2 heterocycles. The normalized spacial score (nSPS) is 18.1. The molecule has 16 heavy (non-hydrogen) atoms. The van der Waals surface area contributed by atoms with E-state index in [9.17, 15) is 0 Å². The summed E-state index contributed by atoms with van der Waals surface area (Å²) in [5.41, 5.74) is 1.32. The molecule has 0 N–H and O–H groups in total. The first-order chi connectivity index (χ1) is 7.38. The minimum absolute atomic E-state index is 0. The number of likely N-dealkylation sites (N-methyl/N-ethyl adjacent to an activating group) is 1. The molecule has 0 radical (unpaired) electrons. The van der Waals surface area contributed by atoms with Crippen molar-refractivity contribution in [2.24, 2.45) is 0 Å². The number of nitrogens with zero attached hydrogens (tertiary/aromatic N) is 3. The van der Waals surface area contributed by atoms with Crippen LogP contribution in [0.3, 0.4) is 0 Å². The van der Waals surface area contributed by atoms with E-state index in [0.29, 0.717) is 0 Å². The number of piperazine rings is 1.